The zero-order valence-electron chi connectivity index (χ0n) is 15.9. The molecule has 3 nitrogen and oxygen atoms in total. The molecule has 0 aliphatic carbocycles. The summed E-state index contributed by atoms with van der Waals surface area (Å²) in [4.78, 5) is 9.16. The highest BCUT2D eigenvalue weighted by atomic mass is 16.3. The molecule has 28 heavy (non-hydrogen) atoms. The van der Waals surface area contributed by atoms with Crippen LogP contribution in [-0.2, 0) is 6.42 Å². The van der Waals surface area contributed by atoms with Crippen LogP contribution in [0.25, 0.3) is 33.3 Å². The van der Waals surface area contributed by atoms with Gasteiger partial charge in [0.05, 0.1) is 5.69 Å². The minimum absolute atomic E-state index is 0.679. The van der Waals surface area contributed by atoms with E-state index in [1.165, 1.54) is 16.7 Å². The molecule has 2 aromatic carbocycles. The second-order valence-corrected chi connectivity index (χ2v) is 7.30. The van der Waals surface area contributed by atoms with Gasteiger partial charge in [-0.25, -0.2) is 4.98 Å². The van der Waals surface area contributed by atoms with E-state index >= 15 is 0 Å². The lowest BCUT2D eigenvalue weighted by Gasteiger charge is -2.06. The molecule has 0 atom stereocenters. The fraction of sp³-hybridized carbons (Fsp3) is 0.120. The molecule has 5 aromatic rings. The van der Waals surface area contributed by atoms with Crippen molar-refractivity contribution in [3.8, 4) is 11.3 Å². The molecule has 136 valence electrons. The summed E-state index contributed by atoms with van der Waals surface area (Å²) in [5.41, 5.74) is 8.20. The fourth-order valence-electron chi connectivity index (χ4n) is 3.65. The van der Waals surface area contributed by atoms with Crippen LogP contribution in [0.2, 0.25) is 0 Å². The lowest BCUT2D eigenvalue weighted by molar-refractivity contribution is 0.653. The Kier molecular flexibility index (Phi) is 3.94. The van der Waals surface area contributed by atoms with Crippen LogP contribution in [0, 0.1) is 13.8 Å². The summed E-state index contributed by atoms with van der Waals surface area (Å²) in [5.74, 6) is 0. The van der Waals surface area contributed by atoms with Crippen LogP contribution in [0.5, 0.6) is 0 Å². The number of aryl methyl sites for hydroxylation is 2. The van der Waals surface area contributed by atoms with E-state index in [1.54, 1.807) is 0 Å². The Balaban J connectivity index is 1.60. The molecule has 3 heteroatoms. The van der Waals surface area contributed by atoms with E-state index in [9.17, 15) is 0 Å². The van der Waals surface area contributed by atoms with Crippen LogP contribution >= 0.6 is 0 Å². The van der Waals surface area contributed by atoms with Gasteiger partial charge < -0.3 is 4.42 Å². The van der Waals surface area contributed by atoms with Crippen molar-refractivity contribution in [2.45, 2.75) is 20.3 Å². The van der Waals surface area contributed by atoms with Gasteiger partial charge in [-0.05, 0) is 61.7 Å². The van der Waals surface area contributed by atoms with Crippen molar-refractivity contribution >= 4 is 22.1 Å². The molecule has 0 aliphatic heterocycles. The van der Waals surface area contributed by atoms with Crippen molar-refractivity contribution in [1.29, 1.82) is 0 Å². The molecule has 0 bridgehead atoms. The van der Waals surface area contributed by atoms with Crippen LogP contribution in [-0.4, -0.2) is 9.97 Å². The number of aromatic nitrogens is 2. The van der Waals surface area contributed by atoms with Crippen molar-refractivity contribution in [2.24, 2.45) is 0 Å². The average molecular weight is 364 g/mol. The molecule has 0 radical (unpaired) electrons. The Morgan fingerprint density at radius 2 is 1.68 bits per heavy atom. The van der Waals surface area contributed by atoms with Crippen LogP contribution in [0.4, 0.5) is 0 Å². The molecule has 0 fully saturated rings. The summed E-state index contributed by atoms with van der Waals surface area (Å²) in [7, 11) is 0. The lowest BCUT2D eigenvalue weighted by atomic mass is 10.0. The van der Waals surface area contributed by atoms with Crippen LogP contribution in [0.3, 0.4) is 0 Å². The fourth-order valence-corrected chi connectivity index (χ4v) is 3.65. The molecule has 0 spiro atoms. The van der Waals surface area contributed by atoms with Gasteiger partial charge in [-0.3, -0.25) is 4.98 Å². The molecule has 3 heterocycles. The van der Waals surface area contributed by atoms with E-state index in [-0.39, 0.29) is 0 Å². The van der Waals surface area contributed by atoms with Crippen LogP contribution < -0.4 is 0 Å². The maximum absolute atomic E-state index is 6.14. The maximum Gasteiger partial charge on any atom is 0.227 e. The first-order valence-electron chi connectivity index (χ1n) is 9.47. The van der Waals surface area contributed by atoms with Crippen molar-refractivity contribution in [3.63, 3.8) is 0 Å². The van der Waals surface area contributed by atoms with E-state index in [0.717, 1.165) is 39.7 Å². The van der Waals surface area contributed by atoms with Crippen molar-refractivity contribution < 1.29 is 4.42 Å². The maximum atomic E-state index is 6.14. The van der Waals surface area contributed by atoms with Crippen molar-refractivity contribution in [3.05, 3.63) is 95.3 Å². The van der Waals surface area contributed by atoms with E-state index in [2.05, 4.69) is 77.6 Å². The Hall–Kier alpha value is -3.46. The minimum Gasteiger partial charge on any atom is -0.437 e. The van der Waals surface area contributed by atoms with E-state index < -0.39 is 0 Å². The zero-order chi connectivity index (χ0) is 19.1. The molecule has 0 N–H and O–H groups in total. The molecule has 0 aliphatic rings. The van der Waals surface area contributed by atoms with Gasteiger partial charge in [0.15, 0.2) is 0 Å². The van der Waals surface area contributed by atoms with E-state index in [4.69, 9.17) is 4.42 Å². The molecule has 3 aromatic heterocycles. The first kappa shape index (κ1) is 16.7. The highest BCUT2D eigenvalue weighted by molar-refractivity contribution is 6.08. The molecule has 0 amide bonds. The number of rotatable bonds is 3. The number of hydrogen-bond acceptors (Lipinski definition) is 3. The zero-order valence-corrected chi connectivity index (χ0v) is 15.9. The molecule has 5 rings (SSSR count). The number of furan rings is 1. The number of hydrogen-bond donors (Lipinski definition) is 0. The van der Waals surface area contributed by atoms with Gasteiger partial charge in [-0.1, -0.05) is 42.0 Å². The molecular formula is C25H20N2O. The molecule has 0 saturated heterocycles. The summed E-state index contributed by atoms with van der Waals surface area (Å²) in [6.07, 6.45) is 2.76. The average Bonchev–Trinajstić information content (AvgIpc) is 3.07. The second-order valence-electron chi connectivity index (χ2n) is 7.30. The summed E-state index contributed by atoms with van der Waals surface area (Å²) >= 11 is 0. The smallest absolute Gasteiger partial charge is 0.227 e. The second kappa shape index (κ2) is 6.61. The molecule has 0 unspecified atom stereocenters. The van der Waals surface area contributed by atoms with Gasteiger partial charge >= 0.3 is 0 Å². The number of nitrogens with zero attached hydrogens (tertiary/aromatic N) is 2. The quantitative estimate of drug-likeness (QED) is 0.380. The van der Waals surface area contributed by atoms with Gasteiger partial charge in [-0.15, -0.1) is 0 Å². The van der Waals surface area contributed by atoms with E-state index in [1.807, 2.05) is 19.2 Å². The summed E-state index contributed by atoms with van der Waals surface area (Å²) in [6.45, 7) is 4.09. The van der Waals surface area contributed by atoms with Gasteiger partial charge in [0.25, 0.3) is 0 Å². The van der Waals surface area contributed by atoms with Crippen LogP contribution in [0.15, 0.2) is 77.3 Å². The number of pyridine rings is 2. The Morgan fingerprint density at radius 1 is 0.821 bits per heavy atom. The molecular weight excluding hydrogens is 344 g/mol. The van der Waals surface area contributed by atoms with E-state index in [0.29, 0.717) is 5.71 Å². The summed E-state index contributed by atoms with van der Waals surface area (Å²) in [5, 5.41) is 2.11. The van der Waals surface area contributed by atoms with Crippen LogP contribution in [0.1, 0.15) is 22.4 Å². The largest absolute Gasteiger partial charge is 0.437 e. The predicted molar refractivity (Wildman–Crippen MR) is 113 cm³/mol. The Labute approximate surface area is 163 Å². The standard InChI is InChI=1S/C25H20N2O/c1-16-6-9-18(10-7-16)14-19-12-13-26-23(15-19)22-5-3-4-20-21-11-8-17(2)27-25(21)28-24(20)22/h3-13,15H,14H2,1-2H3. The summed E-state index contributed by atoms with van der Waals surface area (Å²) in [6, 6.07) is 23.2. The number of fused-ring (bicyclic) bond motifs is 3. The number of para-hydroxylation sites is 1. The van der Waals surface area contributed by atoms with Gasteiger partial charge in [0.1, 0.15) is 5.58 Å². The van der Waals surface area contributed by atoms with Gasteiger partial charge in [0.2, 0.25) is 5.71 Å². The third kappa shape index (κ3) is 2.95. The topological polar surface area (TPSA) is 38.9 Å². The first-order valence-corrected chi connectivity index (χ1v) is 9.47. The van der Waals surface area contributed by atoms with Gasteiger partial charge in [-0.2, -0.15) is 0 Å². The summed E-state index contributed by atoms with van der Waals surface area (Å²) < 4.78 is 6.14. The highest BCUT2D eigenvalue weighted by Crippen LogP contribution is 2.34. The molecule has 0 saturated carbocycles. The first-order chi connectivity index (χ1) is 13.7. The van der Waals surface area contributed by atoms with Gasteiger partial charge in [0, 0.05) is 28.2 Å². The SMILES string of the molecule is Cc1ccc(Cc2ccnc(-c3cccc4c3oc3nc(C)ccc34)c2)cc1. The monoisotopic (exact) mass is 364 g/mol. The Bertz CT molecular complexity index is 1300. The lowest BCUT2D eigenvalue weighted by Crippen LogP contribution is -1.91. The number of benzene rings is 2. The Morgan fingerprint density at radius 3 is 2.54 bits per heavy atom. The predicted octanol–water partition coefficient (Wildman–Crippen LogP) is 6.25. The third-order valence-corrected chi connectivity index (χ3v) is 5.13. The van der Waals surface area contributed by atoms with Crippen molar-refractivity contribution in [2.75, 3.05) is 0 Å². The highest BCUT2D eigenvalue weighted by Gasteiger charge is 2.14. The van der Waals surface area contributed by atoms with Crippen molar-refractivity contribution in [1.82, 2.24) is 9.97 Å². The minimum atomic E-state index is 0.679. The normalized spacial score (nSPS) is 11.4. The third-order valence-electron chi connectivity index (χ3n) is 5.13.